The summed E-state index contributed by atoms with van der Waals surface area (Å²) in [6, 6.07) is 15.5. The van der Waals surface area contributed by atoms with Crippen LogP contribution in [0.4, 0.5) is 0 Å². The number of fused-ring (bicyclic) bond motifs is 1. The van der Waals surface area contributed by atoms with Crippen molar-refractivity contribution in [3.8, 4) is 0 Å². The van der Waals surface area contributed by atoms with Gasteiger partial charge in [-0.25, -0.2) is 4.79 Å². The van der Waals surface area contributed by atoms with E-state index in [0.717, 1.165) is 16.5 Å². The van der Waals surface area contributed by atoms with Crippen molar-refractivity contribution >= 4 is 22.8 Å². The van der Waals surface area contributed by atoms with E-state index < -0.39 is 5.97 Å². The molecule has 0 unspecified atom stereocenters. The summed E-state index contributed by atoms with van der Waals surface area (Å²) in [5, 5.41) is 0.730. The maximum Gasteiger partial charge on any atom is 0.340 e. The van der Waals surface area contributed by atoms with Crippen LogP contribution in [0.15, 0.2) is 54.7 Å². The maximum absolute atomic E-state index is 12.6. The van der Waals surface area contributed by atoms with Gasteiger partial charge in [0.25, 0.3) is 0 Å². The highest BCUT2D eigenvalue weighted by Crippen LogP contribution is 2.22. The Morgan fingerprint density at radius 2 is 1.75 bits per heavy atom. The number of aromatic nitrogens is 1. The summed E-state index contributed by atoms with van der Waals surface area (Å²) >= 11 is 0. The predicted molar refractivity (Wildman–Crippen MR) is 93.4 cm³/mol. The molecule has 3 rings (SSSR count). The standard InChI is InChI=1S/C20H19NO3/c1-14-7-9-15(10-8-14)11-12-19(22)21-13-17(20(23)24-2)16-5-3-4-6-18(16)21/h3-10,13H,11-12H2,1-2H3. The van der Waals surface area contributed by atoms with Crippen LogP contribution in [-0.4, -0.2) is 23.6 Å². The van der Waals surface area contributed by atoms with Gasteiger partial charge in [-0.3, -0.25) is 9.36 Å². The first kappa shape index (κ1) is 16.0. The van der Waals surface area contributed by atoms with Crippen LogP contribution in [0.5, 0.6) is 0 Å². The van der Waals surface area contributed by atoms with E-state index in [-0.39, 0.29) is 5.91 Å². The number of benzene rings is 2. The molecule has 0 bridgehead atoms. The van der Waals surface area contributed by atoms with Gasteiger partial charge in [0.1, 0.15) is 0 Å². The number of hydrogen-bond acceptors (Lipinski definition) is 3. The minimum Gasteiger partial charge on any atom is -0.465 e. The normalized spacial score (nSPS) is 10.8. The summed E-state index contributed by atoms with van der Waals surface area (Å²) in [7, 11) is 1.34. The molecule has 1 heterocycles. The summed E-state index contributed by atoms with van der Waals surface area (Å²) in [5.41, 5.74) is 3.46. The smallest absolute Gasteiger partial charge is 0.340 e. The lowest BCUT2D eigenvalue weighted by atomic mass is 10.1. The predicted octanol–water partition coefficient (Wildman–Crippen LogP) is 4.01. The average Bonchev–Trinajstić information content (AvgIpc) is 3.00. The molecular formula is C20H19NO3. The molecule has 1 aromatic heterocycles. The van der Waals surface area contributed by atoms with Gasteiger partial charge in [0.15, 0.2) is 0 Å². The fourth-order valence-electron chi connectivity index (χ4n) is 2.79. The van der Waals surface area contributed by atoms with Crippen molar-refractivity contribution in [1.82, 2.24) is 4.57 Å². The molecule has 122 valence electrons. The Labute approximate surface area is 140 Å². The minimum atomic E-state index is -0.434. The number of hydrogen-bond donors (Lipinski definition) is 0. The van der Waals surface area contributed by atoms with Crippen LogP contribution in [0, 0.1) is 6.92 Å². The van der Waals surface area contributed by atoms with E-state index in [0.29, 0.717) is 18.4 Å². The molecule has 0 saturated heterocycles. The van der Waals surface area contributed by atoms with E-state index in [2.05, 4.69) is 0 Å². The number of esters is 1. The second-order valence-electron chi connectivity index (χ2n) is 5.80. The van der Waals surface area contributed by atoms with Crippen LogP contribution >= 0.6 is 0 Å². The number of aryl methyl sites for hydroxylation is 2. The summed E-state index contributed by atoms with van der Waals surface area (Å²) in [6.07, 6.45) is 2.62. The highest BCUT2D eigenvalue weighted by atomic mass is 16.5. The first-order chi connectivity index (χ1) is 11.6. The molecular weight excluding hydrogens is 302 g/mol. The fourth-order valence-corrected chi connectivity index (χ4v) is 2.79. The number of para-hydroxylation sites is 1. The first-order valence-electron chi connectivity index (χ1n) is 7.87. The fraction of sp³-hybridized carbons (Fsp3) is 0.200. The number of methoxy groups -OCH3 is 1. The van der Waals surface area contributed by atoms with Gasteiger partial charge in [-0.1, -0.05) is 48.0 Å². The Kier molecular flexibility index (Phi) is 4.47. The van der Waals surface area contributed by atoms with Gasteiger partial charge in [0.2, 0.25) is 5.91 Å². The molecule has 0 aliphatic rings. The number of carbonyl (C=O) groups excluding carboxylic acids is 2. The highest BCUT2D eigenvalue weighted by Gasteiger charge is 2.18. The molecule has 3 aromatic rings. The quantitative estimate of drug-likeness (QED) is 0.682. The molecule has 0 amide bonds. The molecule has 4 nitrogen and oxygen atoms in total. The topological polar surface area (TPSA) is 48.3 Å². The van der Waals surface area contributed by atoms with Gasteiger partial charge in [-0.15, -0.1) is 0 Å². The molecule has 0 spiro atoms. The molecule has 4 heteroatoms. The summed E-state index contributed by atoms with van der Waals surface area (Å²) in [4.78, 5) is 24.6. The Hall–Kier alpha value is -2.88. The molecule has 0 radical (unpaired) electrons. The molecule has 2 aromatic carbocycles. The van der Waals surface area contributed by atoms with Crippen LogP contribution in [0.25, 0.3) is 10.9 Å². The number of carbonyl (C=O) groups is 2. The number of rotatable bonds is 4. The van der Waals surface area contributed by atoms with E-state index >= 15 is 0 Å². The van der Waals surface area contributed by atoms with Gasteiger partial charge in [0.05, 0.1) is 18.2 Å². The van der Waals surface area contributed by atoms with Crippen molar-refractivity contribution in [3.63, 3.8) is 0 Å². The number of nitrogens with zero attached hydrogens (tertiary/aromatic N) is 1. The zero-order valence-corrected chi connectivity index (χ0v) is 13.8. The van der Waals surface area contributed by atoms with Crippen LogP contribution < -0.4 is 0 Å². The Morgan fingerprint density at radius 3 is 2.46 bits per heavy atom. The monoisotopic (exact) mass is 321 g/mol. The molecule has 0 saturated carbocycles. The summed E-state index contributed by atoms with van der Waals surface area (Å²) in [5.74, 6) is -0.474. The summed E-state index contributed by atoms with van der Waals surface area (Å²) in [6.45, 7) is 2.04. The SMILES string of the molecule is COC(=O)c1cn(C(=O)CCc2ccc(C)cc2)c2ccccc12. The molecule has 24 heavy (non-hydrogen) atoms. The van der Waals surface area contributed by atoms with E-state index in [4.69, 9.17) is 4.74 Å². The van der Waals surface area contributed by atoms with Crippen molar-refractivity contribution in [2.24, 2.45) is 0 Å². The molecule has 0 atom stereocenters. The van der Waals surface area contributed by atoms with Crippen molar-refractivity contribution in [1.29, 1.82) is 0 Å². The van der Waals surface area contributed by atoms with Crippen molar-refractivity contribution in [2.75, 3.05) is 7.11 Å². The first-order valence-corrected chi connectivity index (χ1v) is 7.87. The minimum absolute atomic E-state index is 0.0399. The third-order valence-corrected chi connectivity index (χ3v) is 4.13. The maximum atomic E-state index is 12.6. The average molecular weight is 321 g/mol. The molecule has 0 N–H and O–H groups in total. The van der Waals surface area contributed by atoms with Gasteiger partial charge in [-0.2, -0.15) is 0 Å². The second kappa shape index (κ2) is 6.71. The number of ether oxygens (including phenoxy) is 1. The zero-order valence-electron chi connectivity index (χ0n) is 13.8. The Balaban J connectivity index is 1.87. The Bertz CT molecular complexity index is 891. The Morgan fingerprint density at radius 1 is 1.04 bits per heavy atom. The van der Waals surface area contributed by atoms with E-state index in [9.17, 15) is 9.59 Å². The third-order valence-electron chi connectivity index (χ3n) is 4.13. The van der Waals surface area contributed by atoms with Crippen molar-refractivity contribution in [3.05, 3.63) is 71.4 Å². The lowest BCUT2D eigenvalue weighted by molar-refractivity contribution is 0.0603. The largest absolute Gasteiger partial charge is 0.465 e. The van der Waals surface area contributed by atoms with Crippen molar-refractivity contribution in [2.45, 2.75) is 19.8 Å². The molecule has 0 fully saturated rings. The van der Waals surface area contributed by atoms with Crippen molar-refractivity contribution < 1.29 is 14.3 Å². The summed E-state index contributed by atoms with van der Waals surface area (Å²) < 4.78 is 6.37. The van der Waals surface area contributed by atoms with Crippen LogP contribution in [0.3, 0.4) is 0 Å². The van der Waals surface area contributed by atoms with Gasteiger partial charge >= 0.3 is 5.97 Å². The van der Waals surface area contributed by atoms with Gasteiger partial charge in [0, 0.05) is 18.0 Å². The lowest BCUT2D eigenvalue weighted by Gasteiger charge is -2.05. The lowest BCUT2D eigenvalue weighted by Crippen LogP contribution is -2.10. The van der Waals surface area contributed by atoms with Crippen LogP contribution in [0.1, 0.15) is 32.7 Å². The zero-order chi connectivity index (χ0) is 17.1. The van der Waals surface area contributed by atoms with Gasteiger partial charge in [-0.05, 0) is 25.0 Å². The van der Waals surface area contributed by atoms with Crippen LogP contribution in [0.2, 0.25) is 0 Å². The second-order valence-corrected chi connectivity index (χ2v) is 5.80. The third kappa shape index (κ3) is 3.08. The van der Waals surface area contributed by atoms with E-state index in [1.54, 1.807) is 10.8 Å². The van der Waals surface area contributed by atoms with Gasteiger partial charge < -0.3 is 4.74 Å². The van der Waals surface area contributed by atoms with Crippen LogP contribution in [-0.2, 0) is 11.2 Å². The van der Waals surface area contributed by atoms with E-state index in [1.807, 2.05) is 55.5 Å². The molecule has 0 aliphatic carbocycles. The van der Waals surface area contributed by atoms with E-state index in [1.165, 1.54) is 12.7 Å². The highest BCUT2D eigenvalue weighted by molar-refractivity contribution is 6.07. The molecule has 0 aliphatic heterocycles.